The van der Waals surface area contributed by atoms with Crippen LogP contribution < -0.4 is 4.74 Å². The maximum absolute atomic E-state index is 10.6. The van der Waals surface area contributed by atoms with Crippen LogP contribution >= 0.6 is 0 Å². The summed E-state index contributed by atoms with van der Waals surface area (Å²) < 4.78 is 5.33. The maximum atomic E-state index is 10.6. The minimum absolute atomic E-state index is 0.126. The molecule has 1 aromatic carbocycles. The van der Waals surface area contributed by atoms with Crippen LogP contribution in [0.2, 0.25) is 0 Å². The minimum atomic E-state index is -0.282. The van der Waals surface area contributed by atoms with Gasteiger partial charge in [0.15, 0.2) is 0 Å². The third-order valence-corrected chi connectivity index (χ3v) is 4.93. The van der Waals surface area contributed by atoms with Crippen LogP contribution in [0, 0.1) is 0 Å². The first-order valence-electron chi connectivity index (χ1n) is 6.62. The summed E-state index contributed by atoms with van der Waals surface area (Å²) in [6.07, 6.45) is 1.66. The fourth-order valence-electron chi connectivity index (χ4n) is 3.57. The fourth-order valence-corrected chi connectivity index (χ4v) is 3.57. The lowest BCUT2D eigenvalue weighted by Crippen LogP contribution is -2.61. The normalized spacial score (nSPS) is 35.1. The zero-order chi connectivity index (χ0) is 12.9. The third-order valence-electron chi connectivity index (χ3n) is 4.93. The Bertz CT molecular complexity index is 474. The summed E-state index contributed by atoms with van der Waals surface area (Å²) in [5.74, 6) is 0.888. The van der Waals surface area contributed by atoms with E-state index in [2.05, 4.69) is 31.0 Å². The van der Waals surface area contributed by atoms with Gasteiger partial charge in [-0.2, -0.15) is 0 Å². The fraction of sp³-hybridized carbons (Fsp3) is 0.600. The Balaban J connectivity index is 2.13. The maximum Gasteiger partial charge on any atom is 0.119 e. The molecule has 0 saturated carbocycles. The Kier molecular flexibility index (Phi) is 2.65. The molecule has 2 aliphatic rings. The first kappa shape index (κ1) is 12.0. The van der Waals surface area contributed by atoms with Crippen molar-refractivity contribution in [2.75, 3.05) is 20.7 Å². The Hall–Kier alpha value is -1.06. The second-order valence-corrected chi connectivity index (χ2v) is 5.89. The first-order chi connectivity index (χ1) is 8.56. The highest BCUT2D eigenvalue weighted by Crippen LogP contribution is 2.45. The molecule has 0 spiro atoms. The average molecular weight is 247 g/mol. The molecule has 18 heavy (non-hydrogen) atoms. The number of fused-ring (bicyclic) bond motifs is 4. The van der Waals surface area contributed by atoms with Gasteiger partial charge in [-0.15, -0.1) is 0 Å². The van der Waals surface area contributed by atoms with E-state index in [9.17, 15) is 5.11 Å². The zero-order valence-electron chi connectivity index (χ0n) is 11.3. The highest BCUT2D eigenvalue weighted by molar-refractivity contribution is 5.45. The predicted molar refractivity (Wildman–Crippen MR) is 71.1 cm³/mol. The molecule has 0 radical (unpaired) electrons. The number of ether oxygens (including phenoxy) is 1. The van der Waals surface area contributed by atoms with Crippen LogP contribution in [0.5, 0.6) is 5.75 Å². The SMILES string of the molecule is COc1ccc2c(c1)[C@]1(C)CCN(C)[C@@H](C2)[C@@H]1O. The molecule has 2 bridgehead atoms. The number of likely N-dealkylation sites (tertiary alicyclic amines) is 1. The summed E-state index contributed by atoms with van der Waals surface area (Å²) in [5.41, 5.74) is 2.51. The van der Waals surface area contributed by atoms with Gasteiger partial charge in [0.1, 0.15) is 5.75 Å². The summed E-state index contributed by atoms with van der Waals surface area (Å²) >= 11 is 0. The number of rotatable bonds is 1. The van der Waals surface area contributed by atoms with E-state index < -0.39 is 0 Å². The highest BCUT2D eigenvalue weighted by atomic mass is 16.5. The van der Waals surface area contributed by atoms with Crippen LogP contribution in [0.25, 0.3) is 0 Å². The van der Waals surface area contributed by atoms with Crippen molar-refractivity contribution in [3.05, 3.63) is 29.3 Å². The van der Waals surface area contributed by atoms with Gasteiger partial charge >= 0.3 is 0 Å². The topological polar surface area (TPSA) is 32.7 Å². The molecular formula is C15H21NO2. The van der Waals surface area contributed by atoms with Crippen molar-refractivity contribution in [3.8, 4) is 5.75 Å². The van der Waals surface area contributed by atoms with Crippen LogP contribution in [-0.4, -0.2) is 42.9 Å². The zero-order valence-corrected chi connectivity index (χ0v) is 11.3. The molecule has 98 valence electrons. The standard InChI is InChI=1S/C15H21NO2/c1-15-6-7-16(2)13(14(15)17)8-10-4-5-11(18-3)9-12(10)15/h4-5,9,13-14,17H,6-8H2,1-3H3/t13-,14-,15-/m0/s1. The molecule has 3 heteroatoms. The molecule has 1 saturated heterocycles. The van der Waals surface area contributed by atoms with Crippen LogP contribution in [-0.2, 0) is 11.8 Å². The lowest BCUT2D eigenvalue weighted by molar-refractivity contribution is -0.0407. The smallest absolute Gasteiger partial charge is 0.119 e. The lowest BCUT2D eigenvalue weighted by Gasteiger charge is -2.52. The van der Waals surface area contributed by atoms with Crippen molar-refractivity contribution < 1.29 is 9.84 Å². The van der Waals surface area contributed by atoms with Gasteiger partial charge in [-0.3, -0.25) is 0 Å². The van der Waals surface area contributed by atoms with E-state index in [1.165, 1.54) is 11.1 Å². The van der Waals surface area contributed by atoms with Gasteiger partial charge in [-0.1, -0.05) is 13.0 Å². The van der Waals surface area contributed by atoms with E-state index in [1.807, 2.05) is 6.07 Å². The van der Waals surface area contributed by atoms with E-state index in [0.717, 1.165) is 25.1 Å². The number of piperidine rings is 1. The van der Waals surface area contributed by atoms with Gasteiger partial charge in [-0.05, 0) is 49.7 Å². The number of aliphatic hydroxyl groups excluding tert-OH is 1. The van der Waals surface area contributed by atoms with Crippen LogP contribution in [0.15, 0.2) is 18.2 Å². The molecule has 1 N–H and O–H groups in total. The summed E-state index contributed by atoms with van der Waals surface area (Å²) in [7, 11) is 3.81. The number of benzene rings is 1. The van der Waals surface area contributed by atoms with Gasteiger partial charge < -0.3 is 14.7 Å². The monoisotopic (exact) mass is 247 g/mol. The molecule has 0 amide bonds. The summed E-state index contributed by atoms with van der Waals surface area (Å²) in [6, 6.07) is 6.55. The molecule has 3 nitrogen and oxygen atoms in total. The molecule has 0 unspecified atom stereocenters. The number of nitrogens with zero attached hydrogens (tertiary/aromatic N) is 1. The van der Waals surface area contributed by atoms with Crippen LogP contribution in [0.3, 0.4) is 0 Å². The van der Waals surface area contributed by atoms with Crippen molar-refractivity contribution in [1.82, 2.24) is 4.90 Å². The van der Waals surface area contributed by atoms with Gasteiger partial charge in [0, 0.05) is 11.5 Å². The highest BCUT2D eigenvalue weighted by Gasteiger charge is 2.49. The number of hydrogen-bond acceptors (Lipinski definition) is 3. The predicted octanol–water partition coefficient (Wildman–Crippen LogP) is 1.57. The molecule has 1 heterocycles. The number of methoxy groups -OCH3 is 1. The van der Waals surface area contributed by atoms with Crippen molar-refractivity contribution >= 4 is 0 Å². The van der Waals surface area contributed by atoms with E-state index >= 15 is 0 Å². The van der Waals surface area contributed by atoms with E-state index in [-0.39, 0.29) is 17.6 Å². The quantitative estimate of drug-likeness (QED) is 0.817. The van der Waals surface area contributed by atoms with Crippen molar-refractivity contribution in [3.63, 3.8) is 0 Å². The second-order valence-electron chi connectivity index (χ2n) is 5.89. The Morgan fingerprint density at radius 2 is 2.22 bits per heavy atom. The molecule has 1 aliphatic heterocycles. The number of hydrogen-bond donors (Lipinski definition) is 1. The second kappa shape index (κ2) is 3.97. The van der Waals surface area contributed by atoms with E-state index in [1.54, 1.807) is 7.11 Å². The Morgan fingerprint density at radius 1 is 1.44 bits per heavy atom. The first-order valence-corrected chi connectivity index (χ1v) is 6.62. The molecule has 1 fully saturated rings. The van der Waals surface area contributed by atoms with Gasteiger partial charge in [0.25, 0.3) is 0 Å². The molecule has 3 rings (SSSR count). The number of likely N-dealkylation sites (N-methyl/N-ethyl adjacent to an activating group) is 1. The molecule has 0 aromatic heterocycles. The molecule has 1 aromatic rings. The van der Waals surface area contributed by atoms with Gasteiger partial charge in [0.2, 0.25) is 0 Å². The molecule has 1 aliphatic carbocycles. The minimum Gasteiger partial charge on any atom is -0.497 e. The van der Waals surface area contributed by atoms with Crippen LogP contribution in [0.4, 0.5) is 0 Å². The summed E-state index contributed by atoms with van der Waals surface area (Å²) in [6.45, 7) is 3.24. The van der Waals surface area contributed by atoms with E-state index in [4.69, 9.17) is 4.74 Å². The third kappa shape index (κ3) is 1.50. The molecule has 3 atom stereocenters. The van der Waals surface area contributed by atoms with E-state index in [0.29, 0.717) is 0 Å². The molecular weight excluding hydrogens is 226 g/mol. The Morgan fingerprint density at radius 3 is 2.94 bits per heavy atom. The summed E-state index contributed by atoms with van der Waals surface area (Å²) in [5, 5.41) is 10.6. The average Bonchev–Trinajstić information content (AvgIpc) is 2.38. The van der Waals surface area contributed by atoms with Crippen molar-refractivity contribution in [2.45, 2.75) is 37.3 Å². The van der Waals surface area contributed by atoms with Gasteiger partial charge in [-0.25, -0.2) is 0 Å². The van der Waals surface area contributed by atoms with Crippen LogP contribution in [0.1, 0.15) is 24.5 Å². The lowest BCUT2D eigenvalue weighted by atomic mass is 9.63. The summed E-state index contributed by atoms with van der Waals surface area (Å²) in [4.78, 5) is 2.29. The van der Waals surface area contributed by atoms with Crippen molar-refractivity contribution in [2.24, 2.45) is 0 Å². The van der Waals surface area contributed by atoms with Crippen molar-refractivity contribution in [1.29, 1.82) is 0 Å². The number of aliphatic hydroxyl groups is 1. The Labute approximate surface area is 108 Å². The van der Waals surface area contributed by atoms with Gasteiger partial charge in [0.05, 0.1) is 13.2 Å². The largest absolute Gasteiger partial charge is 0.497 e.